The highest BCUT2D eigenvalue weighted by Crippen LogP contribution is 2.25. The molecule has 110 valence electrons. The lowest BCUT2D eigenvalue weighted by atomic mass is 10.1. The minimum Gasteiger partial charge on any atom is -0.378 e. The number of nitro benzene ring substituents is 1. The molecule has 2 rings (SSSR count). The van der Waals surface area contributed by atoms with Gasteiger partial charge in [0.2, 0.25) is 0 Å². The van der Waals surface area contributed by atoms with Crippen molar-refractivity contribution in [2.45, 2.75) is 13.5 Å². The lowest BCUT2D eigenvalue weighted by Crippen LogP contribution is -2.05. The number of anilines is 1. The molecule has 2 aromatic rings. The maximum atomic E-state index is 13.7. The van der Waals surface area contributed by atoms with Gasteiger partial charge in [0.25, 0.3) is 5.69 Å². The van der Waals surface area contributed by atoms with Crippen LogP contribution in [0, 0.1) is 28.7 Å². The van der Waals surface area contributed by atoms with Crippen LogP contribution in [0.4, 0.5) is 20.2 Å². The summed E-state index contributed by atoms with van der Waals surface area (Å²) in [4.78, 5) is 10.4. The summed E-state index contributed by atoms with van der Waals surface area (Å²) in [5, 5.41) is 13.6. The zero-order valence-electron chi connectivity index (χ0n) is 11.0. The average molecular weight is 357 g/mol. The van der Waals surface area contributed by atoms with Crippen molar-refractivity contribution in [1.82, 2.24) is 0 Å². The largest absolute Gasteiger partial charge is 0.378 e. The topological polar surface area (TPSA) is 55.2 Å². The average Bonchev–Trinajstić information content (AvgIpc) is 2.41. The molecule has 1 N–H and O–H groups in total. The lowest BCUT2D eigenvalue weighted by Gasteiger charge is -2.10. The Morgan fingerprint density at radius 2 is 1.95 bits per heavy atom. The Kier molecular flexibility index (Phi) is 4.52. The first-order valence-corrected chi connectivity index (χ1v) is 6.80. The zero-order chi connectivity index (χ0) is 15.6. The maximum Gasteiger partial charge on any atom is 0.274 e. The van der Waals surface area contributed by atoms with Gasteiger partial charge in [-0.2, -0.15) is 0 Å². The number of nitro groups is 1. The van der Waals surface area contributed by atoms with E-state index >= 15 is 0 Å². The Labute approximate surface area is 128 Å². The highest BCUT2D eigenvalue weighted by Gasteiger charge is 2.14. The number of rotatable bonds is 4. The monoisotopic (exact) mass is 356 g/mol. The van der Waals surface area contributed by atoms with Crippen molar-refractivity contribution in [2.24, 2.45) is 0 Å². The molecule has 0 bridgehead atoms. The van der Waals surface area contributed by atoms with Gasteiger partial charge in [-0.3, -0.25) is 10.1 Å². The Morgan fingerprint density at radius 3 is 2.62 bits per heavy atom. The standard InChI is InChI=1S/C14H11BrF2N2O2/c1-8-4-12(17)13(6-11(8)16)18-7-9-5-10(15)2-3-14(9)19(20)21/h2-6,18H,7H2,1H3. The molecule has 0 atom stereocenters. The third-order valence-corrected chi connectivity index (χ3v) is 3.45. The minimum absolute atomic E-state index is 0.00910. The summed E-state index contributed by atoms with van der Waals surface area (Å²) in [6.45, 7) is 1.47. The Balaban J connectivity index is 2.26. The first-order chi connectivity index (χ1) is 9.88. The second kappa shape index (κ2) is 6.17. The third kappa shape index (κ3) is 3.55. The van der Waals surface area contributed by atoms with E-state index in [0.717, 1.165) is 12.1 Å². The van der Waals surface area contributed by atoms with Crippen molar-refractivity contribution >= 4 is 27.3 Å². The van der Waals surface area contributed by atoms with E-state index in [1.54, 1.807) is 12.1 Å². The quantitative estimate of drug-likeness (QED) is 0.645. The third-order valence-electron chi connectivity index (χ3n) is 2.96. The van der Waals surface area contributed by atoms with Gasteiger partial charge in [-0.25, -0.2) is 8.78 Å². The Hall–Kier alpha value is -2.02. The fraction of sp³-hybridized carbons (Fsp3) is 0.143. The van der Waals surface area contributed by atoms with Gasteiger partial charge in [0.05, 0.1) is 10.6 Å². The van der Waals surface area contributed by atoms with Crippen LogP contribution in [0.25, 0.3) is 0 Å². The van der Waals surface area contributed by atoms with Gasteiger partial charge in [0.15, 0.2) is 0 Å². The van der Waals surface area contributed by atoms with Crippen molar-refractivity contribution in [2.75, 3.05) is 5.32 Å². The van der Waals surface area contributed by atoms with E-state index in [2.05, 4.69) is 21.2 Å². The van der Waals surface area contributed by atoms with Crippen LogP contribution in [0.3, 0.4) is 0 Å². The van der Waals surface area contributed by atoms with Crippen LogP contribution in [0.2, 0.25) is 0 Å². The Bertz CT molecular complexity index is 708. The summed E-state index contributed by atoms with van der Waals surface area (Å²) in [6, 6.07) is 6.58. The molecule has 0 fully saturated rings. The summed E-state index contributed by atoms with van der Waals surface area (Å²) in [5.41, 5.74) is 0.451. The first kappa shape index (κ1) is 15.4. The van der Waals surface area contributed by atoms with Gasteiger partial charge in [-0.05, 0) is 30.7 Å². The molecule has 0 aliphatic heterocycles. The summed E-state index contributed by atoms with van der Waals surface area (Å²) >= 11 is 3.22. The van der Waals surface area contributed by atoms with Crippen molar-refractivity contribution in [3.63, 3.8) is 0 Å². The van der Waals surface area contributed by atoms with Crippen LogP contribution in [-0.4, -0.2) is 4.92 Å². The van der Waals surface area contributed by atoms with E-state index in [0.29, 0.717) is 10.0 Å². The fourth-order valence-electron chi connectivity index (χ4n) is 1.85. The van der Waals surface area contributed by atoms with Gasteiger partial charge in [-0.15, -0.1) is 0 Å². The molecule has 4 nitrogen and oxygen atoms in total. The highest BCUT2D eigenvalue weighted by atomic mass is 79.9. The normalized spacial score (nSPS) is 10.5. The molecule has 0 radical (unpaired) electrons. The van der Waals surface area contributed by atoms with Crippen molar-refractivity contribution in [3.05, 3.63) is 67.7 Å². The molecular formula is C14H11BrF2N2O2. The van der Waals surface area contributed by atoms with Crippen LogP contribution in [0.1, 0.15) is 11.1 Å². The fourth-order valence-corrected chi connectivity index (χ4v) is 2.25. The Morgan fingerprint density at radius 1 is 1.24 bits per heavy atom. The second-order valence-electron chi connectivity index (χ2n) is 4.46. The first-order valence-electron chi connectivity index (χ1n) is 6.01. The molecule has 0 aliphatic rings. The van der Waals surface area contributed by atoms with E-state index in [-0.39, 0.29) is 23.5 Å². The van der Waals surface area contributed by atoms with Crippen LogP contribution >= 0.6 is 15.9 Å². The minimum atomic E-state index is -0.605. The number of hydrogen-bond acceptors (Lipinski definition) is 3. The predicted octanol–water partition coefficient (Wildman–Crippen LogP) is 4.56. The molecule has 0 saturated heterocycles. The summed E-state index contributed by atoms with van der Waals surface area (Å²) in [5.74, 6) is -1.14. The van der Waals surface area contributed by atoms with E-state index in [9.17, 15) is 18.9 Å². The van der Waals surface area contributed by atoms with Gasteiger partial charge in [0, 0.05) is 28.7 Å². The maximum absolute atomic E-state index is 13.7. The number of hydrogen-bond donors (Lipinski definition) is 1. The van der Waals surface area contributed by atoms with Gasteiger partial charge in [0.1, 0.15) is 11.6 Å². The highest BCUT2D eigenvalue weighted by molar-refractivity contribution is 9.10. The molecule has 0 aliphatic carbocycles. The van der Waals surface area contributed by atoms with E-state index < -0.39 is 16.6 Å². The van der Waals surface area contributed by atoms with Gasteiger partial charge in [-0.1, -0.05) is 15.9 Å². The number of halogens is 3. The van der Waals surface area contributed by atoms with Crippen LogP contribution in [0.5, 0.6) is 0 Å². The lowest BCUT2D eigenvalue weighted by molar-refractivity contribution is -0.385. The number of nitrogens with one attached hydrogen (secondary N) is 1. The molecule has 2 aromatic carbocycles. The number of aryl methyl sites for hydroxylation is 1. The van der Waals surface area contributed by atoms with Crippen LogP contribution in [-0.2, 0) is 6.54 Å². The smallest absolute Gasteiger partial charge is 0.274 e. The number of nitrogens with zero attached hydrogens (tertiary/aromatic N) is 1. The van der Waals surface area contributed by atoms with E-state index in [1.807, 2.05) is 0 Å². The molecule has 0 spiro atoms. The second-order valence-corrected chi connectivity index (χ2v) is 5.38. The summed E-state index contributed by atoms with van der Waals surface area (Å²) in [6.07, 6.45) is 0. The van der Waals surface area contributed by atoms with Gasteiger partial charge >= 0.3 is 0 Å². The van der Waals surface area contributed by atoms with E-state index in [4.69, 9.17) is 0 Å². The molecule has 0 saturated carbocycles. The number of benzene rings is 2. The molecule has 0 amide bonds. The summed E-state index contributed by atoms with van der Waals surface area (Å²) < 4.78 is 27.8. The van der Waals surface area contributed by atoms with E-state index in [1.165, 1.54) is 13.0 Å². The molecule has 0 unspecified atom stereocenters. The molecular weight excluding hydrogens is 346 g/mol. The SMILES string of the molecule is Cc1cc(F)c(NCc2cc(Br)ccc2[N+](=O)[O-])cc1F. The zero-order valence-corrected chi connectivity index (χ0v) is 12.6. The molecule has 21 heavy (non-hydrogen) atoms. The summed E-state index contributed by atoms with van der Waals surface area (Å²) in [7, 11) is 0. The molecule has 7 heteroatoms. The van der Waals surface area contributed by atoms with Crippen LogP contribution < -0.4 is 5.32 Å². The van der Waals surface area contributed by atoms with Crippen molar-refractivity contribution in [1.29, 1.82) is 0 Å². The van der Waals surface area contributed by atoms with Crippen molar-refractivity contribution in [3.8, 4) is 0 Å². The predicted molar refractivity (Wildman–Crippen MR) is 79.2 cm³/mol. The van der Waals surface area contributed by atoms with Crippen molar-refractivity contribution < 1.29 is 13.7 Å². The molecule has 0 aromatic heterocycles. The van der Waals surface area contributed by atoms with Crippen LogP contribution in [0.15, 0.2) is 34.8 Å². The van der Waals surface area contributed by atoms with Gasteiger partial charge < -0.3 is 5.32 Å². The molecule has 0 heterocycles.